The molecule has 0 saturated heterocycles. The van der Waals surface area contributed by atoms with Crippen molar-refractivity contribution >= 4 is 10.0 Å². The molecule has 0 aliphatic rings. The number of hydrogen-bond donors (Lipinski definition) is 1. The van der Waals surface area contributed by atoms with Crippen LogP contribution in [-0.4, -0.2) is 35.5 Å². The van der Waals surface area contributed by atoms with Crippen LogP contribution in [0.2, 0.25) is 0 Å². The second-order valence-corrected chi connectivity index (χ2v) is 5.93. The maximum Gasteiger partial charge on any atom is 0.246 e. The predicted molar refractivity (Wildman–Crippen MR) is 62.6 cm³/mol. The summed E-state index contributed by atoms with van der Waals surface area (Å²) in [6, 6.07) is -0.0424. The van der Waals surface area contributed by atoms with Crippen LogP contribution in [0.3, 0.4) is 0 Å². The minimum Gasteiger partial charge on any atom is -0.281 e. The molecular formula is C10H19N3O2S. The molecule has 0 atom stereocenters. The third-order valence-corrected chi connectivity index (χ3v) is 4.58. The van der Waals surface area contributed by atoms with Gasteiger partial charge in [-0.05, 0) is 27.2 Å². The Bertz CT molecular complexity index is 437. The van der Waals surface area contributed by atoms with Crippen molar-refractivity contribution in [3.8, 4) is 0 Å². The minimum atomic E-state index is -3.41. The lowest BCUT2D eigenvalue weighted by Gasteiger charge is -2.24. The number of H-pyrrole nitrogens is 1. The predicted octanol–water partition coefficient (Wildman–Crippen LogP) is 1.53. The molecule has 0 amide bonds. The van der Waals surface area contributed by atoms with Gasteiger partial charge in [0.25, 0.3) is 0 Å². The molecule has 0 aromatic carbocycles. The molecule has 6 heteroatoms. The average Bonchev–Trinajstić information content (AvgIpc) is 2.60. The van der Waals surface area contributed by atoms with E-state index in [0.29, 0.717) is 12.2 Å². The third-order valence-electron chi connectivity index (χ3n) is 2.39. The fraction of sp³-hybridized carbons (Fsp3) is 0.700. The Kier molecular flexibility index (Phi) is 4.09. The number of rotatable bonds is 5. The molecule has 1 aromatic rings. The van der Waals surface area contributed by atoms with Crippen molar-refractivity contribution in [3.05, 3.63) is 11.9 Å². The van der Waals surface area contributed by atoms with Gasteiger partial charge >= 0.3 is 0 Å². The van der Waals surface area contributed by atoms with Crippen LogP contribution in [0.5, 0.6) is 0 Å². The summed E-state index contributed by atoms with van der Waals surface area (Å²) >= 11 is 0. The molecule has 0 saturated carbocycles. The van der Waals surface area contributed by atoms with Crippen LogP contribution in [0, 0.1) is 6.92 Å². The Morgan fingerprint density at radius 2 is 2.12 bits per heavy atom. The highest BCUT2D eigenvalue weighted by Gasteiger charge is 2.28. The molecule has 0 aliphatic carbocycles. The molecular weight excluding hydrogens is 226 g/mol. The molecule has 5 nitrogen and oxygen atoms in total. The van der Waals surface area contributed by atoms with Crippen molar-refractivity contribution in [1.29, 1.82) is 0 Å². The first-order chi connectivity index (χ1) is 7.41. The monoisotopic (exact) mass is 245 g/mol. The molecule has 1 heterocycles. The van der Waals surface area contributed by atoms with E-state index in [9.17, 15) is 8.42 Å². The lowest BCUT2D eigenvalue weighted by Crippen LogP contribution is -2.37. The van der Waals surface area contributed by atoms with Gasteiger partial charge in [-0.25, -0.2) is 8.42 Å². The summed E-state index contributed by atoms with van der Waals surface area (Å²) in [7, 11) is -3.41. The first kappa shape index (κ1) is 13.2. The molecule has 0 spiro atoms. The van der Waals surface area contributed by atoms with Crippen molar-refractivity contribution in [3.63, 3.8) is 0 Å². The topological polar surface area (TPSA) is 66.1 Å². The van der Waals surface area contributed by atoms with Gasteiger partial charge in [0.15, 0.2) is 0 Å². The summed E-state index contributed by atoms with van der Waals surface area (Å²) < 4.78 is 26.1. The summed E-state index contributed by atoms with van der Waals surface area (Å²) in [6.45, 7) is 7.97. The standard InChI is InChI=1S/C10H19N3O2S/c1-5-6-13(8(2)3)16(14,15)10-7-11-12-9(10)4/h7-8H,5-6H2,1-4H3,(H,11,12). The summed E-state index contributed by atoms with van der Waals surface area (Å²) in [5, 5.41) is 6.41. The third kappa shape index (κ3) is 2.44. The van der Waals surface area contributed by atoms with E-state index in [2.05, 4.69) is 10.2 Å². The highest BCUT2D eigenvalue weighted by atomic mass is 32.2. The molecule has 0 aliphatic heterocycles. The van der Waals surface area contributed by atoms with Crippen molar-refractivity contribution in [2.45, 2.75) is 45.1 Å². The Hall–Kier alpha value is -0.880. The smallest absolute Gasteiger partial charge is 0.246 e. The largest absolute Gasteiger partial charge is 0.281 e. The highest BCUT2D eigenvalue weighted by Crippen LogP contribution is 2.19. The maximum atomic E-state index is 12.3. The molecule has 0 unspecified atom stereocenters. The van der Waals surface area contributed by atoms with Gasteiger partial charge in [-0.3, -0.25) is 5.10 Å². The van der Waals surface area contributed by atoms with E-state index >= 15 is 0 Å². The molecule has 0 radical (unpaired) electrons. The van der Waals surface area contributed by atoms with Crippen molar-refractivity contribution in [1.82, 2.24) is 14.5 Å². The van der Waals surface area contributed by atoms with Gasteiger partial charge in [-0.1, -0.05) is 6.92 Å². The SMILES string of the molecule is CCCN(C(C)C)S(=O)(=O)c1cn[nH]c1C. The molecule has 1 N–H and O–H groups in total. The van der Waals surface area contributed by atoms with Gasteiger partial charge in [0.05, 0.1) is 11.9 Å². The molecule has 92 valence electrons. The van der Waals surface area contributed by atoms with Crippen molar-refractivity contribution in [2.24, 2.45) is 0 Å². The van der Waals surface area contributed by atoms with E-state index in [1.807, 2.05) is 20.8 Å². The average molecular weight is 245 g/mol. The lowest BCUT2D eigenvalue weighted by molar-refractivity contribution is 0.354. The second kappa shape index (κ2) is 4.97. The van der Waals surface area contributed by atoms with Gasteiger partial charge in [-0.15, -0.1) is 0 Å². The fourth-order valence-electron chi connectivity index (χ4n) is 1.60. The zero-order chi connectivity index (χ0) is 12.3. The van der Waals surface area contributed by atoms with Crippen LogP contribution in [0.4, 0.5) is 0 Å². The van der Waals surface area contributed by atoms with Crippen LogP contribution in [0.15, 0.2) is 11.1 Å². The first-order valence-electron chi connectivity index (χ1n) is 5.43. The molecule has 16 heavy (non-hydrogen) atoms. The van der Waals surface area contributed by atoms with Gasteiger partial charge in [0.2, 0.25) is 10.0 Å². The van der Waals surface area contributed by atoms with Crippen LogP contribution in [0.25, 0.3) is 0 Å². The quantitative estimate of drug-likeness (QED) is 0.855. The minimum absolute atomic E-state index is 0.0424. The Labute approximate surface area is 96.9 Å². The van der Waals surface area contributed by atoms with E-state index in [1.54, 1.807) is 6.92 Å². The summed E-state index contributed by atoms with van der Waals surface area (Å²) in [4.78, 5) is 0.273. The Balaban J connectivity index is 3.14. The van der Waals surface area contributed by atoms with E-state index in [0.717, 1.165) is 6.42 Å². The van der Waals surface area contributed by atoms with Crippen LogP contribution in [-0.2, 0) is 10.0 Å². The number of hydrogen-bond acceptors (Lipinski definition) is 3. The summed E-state index contributed by atoms with van der Waals surface area (Å²) in [5.41, 5.74) is 0.585. The van der Waals surface area contributed by atoms with E-state index in [4.69, 9.17) is 0 Å². The zero-order valence-electron chi connectivity index (χ0n) is 10.2. The molecule has 0 bridgehead atoms. The van der Waals surface area contributed by atoms with Crippen LogP contribution >= 0.6 is 0 Å². The Morgan fingerprint density at radius 1 is 1.50 bits per heavy atom. The van der Waals surface area contributed by atoms with Crippen LogP contribution < -0.4 is 0 Å². The second-order valence-electron chi connectivity index (χ2n) is 4.07. The maximum absolute atomic E-state index is 12.3. The summed E-state index contributed by atoms with van der Waals surface area (Å²) in [5.74, 6) is 0. The van der Waals surface area contributed by atoms with Crippen LogP contribution in [0.1, 0.15) is 32.9 Å². The number of nitrogens with one attached hydrogen (secondary N) is 1. The number of aromatic nitrogens is 2. The van der Waals surface area contributed by atoms with E-state index in [1.165, 1.54) is 10.5 Å². The first-order valence-corrected chi connectivity index (χ1v) is 6.87. The van der Waals surface area contributed by atoms with E-state index in [-0.39, 0.29) is 10.9 Å². The van der Waals surface area contributed by atoms with Crippen molar-refractivity contribution < 1.29 is 8.42 Å². The molecule has 1 rings (SSSR count). The zero-order valence-corrected chi connectivity index (χ0v) is 11.0. The number of aromatic amines is 1. The lowest BCUT2D eigenvalue weighted by atomic mass is 10.4. The Morgan fingerprint density at radius 3 is 2.50 bits per heavy atom. The normalized spacial score (nSPS) is 12.6. The number of aryl methyl sites for hydroxylation is 1. The number of sulfonamides is 1. The van der Waals surface area contributed by atoms with Gasteiger partial charge in [0, 0.05) is 12.6 Å². The van der Waals surface area contributed by atoms with E-state index < -0.39 is 10.0 Å². The van der Waals surface area contributed by atoms with Gasteiger partial charge in [-0.2, -0.15) is 9.40 Å². The van der Waals surface area contributed by atoms with Gasteiger partial charge in [0.1, 0.15) is 4.90 Å². The number of nitrogens with zero attached hydrogens (tertiary/aromatic N) is 2. The highest BCUT2D eigenvalue weighted by molar-refractivity contribution is 7.89. The summed E-state index contributed by atoms with van der Waals surface area (Å²) in [6.07, 6.45) is 2.17. The van der Waals surface area contributed by atoms with Crippen molar-refractivity contribution in [2.75, 3.05) is 6.54 Å². The molecule has 1 aromatic heterocycles. The molecule has 0 fully saturated rings. The van der Waals surface area contributed by atoms with Gasteiger partial charge < -0.3 is 0 Å². The fourth-order valence-corrected chi connectivity index (χ4v) is 3.45.